The van der Waals surface area contributed by atoms with Gasteiger partial charge in [-0.15, -0.1) is 12.3 Å². The molecule has 0 saturated heterocycles. The molecule has 1 unspecified atom stereocenters. The van der Waals surface area contributed by atoms with Crippen molar-refractivity contribution in [1.29, 1.82) is 0 Å². The van der Waals surface area contributed by atoms with E-state index in [1.807, 2.05) is 37.3 Å². The van der Waals surface area contributed by atoms with Crippen molar-refractivity contribution in [3.05, 3.63) is 35.9 Å². The minimum atomic E-state index is -0.188. The molecule has 0 saturated carbocycles. The highest BCUT2D eigenvalue weighted by atomic mass is 16.5. The quantitative estimate of drug-likeness (QED) is 0.453. The molecule has 96 valence electrons. The lowest BCUT2D eigenvalue weighted by molar-refractivity contribution is -0.149. The first kappa shape index (κ1) is 14.3. The second-order valence-electron chi connectivity index (χ2n) is 4.15. The van der Waals surface area contributed by atoms with Crippen LogP contribution in [0.2, 0.25) is 0 Å². The van der Waals surface area contributed by atoms with E-state index in [9.17, 15) is 4.79 Å². The van der Waals surface area contributed by atoms with E-state index in [1.54, 1.807) is 0 Å². The largest absolute Gasteiger partial charge is 0.461 e. The summed E-state index contributed by atoms with van der Waals surface area (Å²) in [6.45, 7) is 3.49. The average Bonchev–Trinajstić information content (AvgIpc) is 2.42. The molecule has 1 aromatic carbocycles. The second-order valence-corrected chi connectivity index (χ2v) is 4.15. The zero-order chi connectivity index (χ0) is 13.2. The van der Waals surface area contributed by atoms with Crippen molar-refractivity contribution >= 4 is 5.97 Å². The Morgan fingerprint density at radius 1 is 1.44 bits per heavy atom. The van der Waals surface area contributed by atoms with Crippen LogP contribution in [-0.4, -0.2) is 19.1 Å². The Morgan fingerprint density at radius 2 is 2.17 bits per heavy atom. The number of terminal acetylenes is 1. The van der Waals surface area contributed by atoms with Gasteiger partial charge in [0.15, 0.2) is 0 Å². The van der Waals surface area contributed by atoms with Crippen LogP contribution < -0.4 is 5.32 Å². The normalized spacial score (nSPS) is 11.6. The molecule has 1 rings (SSSR count). The van der Waals surface area contributed by atoms with Gasteiger partial charge in [0.05, 0.1) is 5.92 Å². The lowest BCUT2D eigenvalue weighted by Crippen LogP contribution is -2.28. The van der Waals surface area contributed by atoms with Gasteiger partial charge in [-0.25, -0.2) is 0 Å². The van der Waals surface area contributed by atoms with Crippen molar-refractivity contribution in [2.45, 2.75) is 20.0 Å². The molecule has 0 fully saturated rings. The number of hydrogen-bond acceptors (Lipinski definition) is 3. The summed E-state index contributed by atoms with van der Waals surface area (Å²) in [5.41, 5.74) is 0.998. The molecule has 1 aromatic rings. The lowest BCUT2D eigenvalue weighted by atomic mass is 10.2. The van der Waals surface area contributed by atoms with Crippen LogP contribution in [0.15, 0.2) is 30.3 Å². The minimum Gasteiger partial charge on any atom is -0.461 e. The zero-order valence-electron chi connectivity index (χ0n) is 10.7. The van der Waals surface area contributed by atoms with Gasteiger partial charge in [0.1, 0.15) is 6.61 Å². The average molecular weight is 245 g/mol. The number of carbonyl (C=O) groups is 1. The number of hydrogen-bond donors (Lipinski definition) is 1. The maximum Gasteiger partial charge on any atom is 0.310 e. The van der Waals surface area contributed by atoms with Gasteiger partial charge in [-0.05, 0) is 5.56 Å². The Kier molecular flexibility index (Phi) is 6.60. The number of benzene rings is 1. The number of carbonyl (C=O) groups excluding carboxylic acids is 1. The monoisotopic (exact) mass is 245 g/mol. The molecule has 1 N–H and O–H groups in total. The summed E-state index contributed by atoms with van der Waals surface area (Å²) >= 11 is 0. The predicted octanol–water partition coefficient (Wildman–Crippen LogP) is 1.98. The highest BCUT2D eigenvalue weighted by molar-refractivity contribution is 5.72. The fraction of sp³-hybridized carbons (Fsp3) is 0.400. The van der Waals surface area contributed by atoms with E-state index in [4.69, 9.17) is 11.2 Å². The third kappa shape index (κ3) is 5.51. The van der Waals surface area contributed by atoms with Gasteiger partial charge in [0.25, 0.3) is 0 Å². The summed E-state index contributed by atoms with van der Waals surface area (Å²) in [7, 11) is 0. The van der Waals surface area contributed by atoms with Crippen molar-refractivity contribution in [3.8, 4) is 12.3 Å². The molecule has 0 aliphatic heterocycles. The maximum atomic E-state index is 11.7. The van der Waals surface area contributed by atoms with E-state index in [0.717, 1.165) is 12.1 Å². The van der Waals surface area contributed by atoms with Crippen LogP contribution in [0.4, 0.5) is 0 Å². The summed E-state index contributed by atoms with van der Waals surface area (Å²) in [6.07, 6.45) is 5.81. The van der Waals surface area contributed by atoms with E-state index in [2.05, 4.69) is 11.2 Å². The van der Waals surface area contributed by atoms with E-state index < -0.39 is 0 Å². The summed E-state index contributed by atoms with van der Waals surface area (Å²) in [5, 5.41) is 3.12. The van der Waals surface area contributed by atoms with Gasteiger partial charge in [-0.1, -0.05) is 37.3 Å². The molecule has 0 bridgehead atoms. The van der Waals surface area contributed by atoms with Crippen LogP contribution in [0, 0.1) is 18.3 Å². The minimum absolute atomic E-state index is 0.161. The summed E-state index contributed by atoms with van der Waals surface area (Å²) in [4.78, 5) is 11.7. The Morgan fingerprint density at radius 3 is 2.83 bits per heavy atom. The van der Waals surface area contributed by atoms with Crippen molar-refractivity contribution in [2.75, 3.05) is 13.1 Å². The first-order chi connectivity index (χ1) is 8.74. The van der Waals surface area contributed by atoms with Crippen LogP contribution in [-0.2, 0) is 16.1 Å². The number of rotatable bonds is 7. The van der Waals surface area contributed by atoms with E-state index in [-0.39, 0.29) is 11.9 Å². The van der Waals surface area contributed by atoms with Crippen molar-refractivity contribution in [2.24, 2.45) is 5.92 Å². The zero-order valence-corrected chi connectivity index (χ0v) is 10.7. The Bertz CT molecular complexity index is 395. The molecular weight excluding hydrogens is 226 g/mol. The van der Waals surface area contributed by atoms with Crippen molar-refractivity contribution in [1.82, 2.24) is 5.32 Å². The lowest BCUT2D eigenvalue weighted by Gasteiger charge is -2.12. The van der Waals surface area contributed by atoms with Gasteiger partial charge < -0.3 is 10.1 Å². The summed E-state index contributed by atoms with van der Waals surface area (Å²) < 4.78 is 5.23. The smallest absolute Gasteiger partial charge is 0.310 e. The Labute approximate surface area is 109 Å². The Balaban J connectivity index is 2.22. The highest BCUT2D eigenvalue weighted by Gasteiger charge is 2.13. The maximum absolute atomic E-state index is 11.7. The van der Waals surface area contributed by atoms with Gasteiger partial charge in [-0.2, -0.15) is 0 Å². The fourth-order valence-corrected chi connectivity index (χ4v) is 1.43. The van der Waals surface area contributed by atoms with Gasteiger partial charge in [0, 0.05) is 19.5 Å². The summed E-state index contributed by atoms with van der Waals surface area (Å²) in [5.74, 6) is 2.19. The molecule has 0 spiro atoms. The molecule has 0 amide bonds. The molecule has 0 aromatic heterocycles. The third-order valence-electron chi connectivity index (χ3n) is 2.52. The molecule has 18 heavy (non-hydrogen) atoms. The molecule has 3 nitrogen and oxygen atoms in total. The van der Waals surface area contributed by atoms with Crippen LogP contribution in [0.5, 0.6) is 0 Å². The molecule has 0 heterocycles. The van der Waals surface area contributed by atoms with Gasteiger partial charge in [0.2, 0.25) is 0 Å². The fourth-order valence-electron chi connectivity index (χ4n) is 1.43. The first-order valence-electron chi connectivity index (χ1n) is 6.08. The highest BCUT2D eigenvalue weighted by Crippen LogP contribution is 2.04. The number of nitrogens with one attached hydrogen (secondary N) is 1. The van der Waals surface area contributed by atoms with Crippen molar-refractivity contribution in [3.63, 3.8) is 0 Å². The molecule has 0 radical (unpaired) electrons. The van der Waals surface area contributed by atoms with E-state index in [0.29, 0.717) is 19.6 Å². The summed E-state index contributed by atoms with van der Waals surface area (Å²) in [6, 6.07) is 9.65. The van der Waals surface area contributed by atoms with Gasteiger partial charge in [-0.3, -0.25) is 4.79 Å². The number of esters is 1. The Hall–Kier alpha value is -1.79. The molecule has 0 aliphatic rings. The van der Waals surface area contributed by atoms with Crippen LogP contribution in [0.3, 0.4) is 0 Å². The number of ether oxygens (including phenoxy) is 1. The topological polar surface area (TPSA) is 38.3 Å². The second kappa shape index (κ2) is 8.32. The van der Waals surface area contributed by atoms with Gasteiger partial charge >= 0.3 is 5.97 Å². The first-order valence-corrected chi connectivity index (χ1v) is 6.08. The predicted molar refractivity (Wildman–Crippen MR) is 71.7 cm³/mol. The van der Waals surface area contributed by atoms with E-state index in [1.165, 1.54) is 0 Å². The van der Waals surface area contributed by atoms with Crippen LogP contribution in [0.25, 0.3) is 0 Å². The van der Waals surface area contributed by atoms with E-state index >= 15 is 0 Å². The molecule has 0 aliphatic carbocycles. The molecule has 3 heteroatoms. The standard InChI is InChI=1S/C15H19NO2/c1-3-4-10-16-11-13(2)15(17)18-12-14-8-6-5-7-9-14/h1,5-9,13,16H,4,10-12H2,2H3. The third-order valence-corrected chi connectivity index (χ3v) is 2.52. The van der Waals surface area contributed by atoms with Crippen LogP contribution in [0.1, 0.15) is 18.9 Å². The molecule has 1 atom stereocenters. The van der Waals surface area contributed by atoms with Crippen LogP contribution >= 0.6 is 0 Å². The van der Waals surface area contributed by atoms with Crippen molar-refractivity contribution < 1.29 is 9.53 Å². The molecular formula is C15H19NO2. The SMILES string of the molecule is C#CCCNCC(C)C(=O)OCc1ccccc1.